The number of anilines is 1. The van der Waals surface area contributed by atoms with Crippen molar-refractivity contribution in [3.8, 4) is 0 Å². The molecule has 0 aliphatic carbocycles. The first-order valence-corrected chi connectivity index (χ1v) is 6.17. The van der Waals surface area contributed by atoms with Gasteiger partial charge in [0.2, 0.25) is 5.91 Å². The molecule has 1 aliphatic heterocycles. The molecule has 1 N–H and O–H groups in total. The lowest BCUT2D eigenvalue weighted by Gasteiger charge is -2.26. The second-order valence-corrected chi connectivity index (χ2v) is 4.73. The Morgan fingerprint density at radius 3 is 2.80 bits per heavy atom. The number of carbonyl (C=O) groups is 1. The molecule has 110 valence electrons. The Labute approximate surface area is 113 Å². The highest BCUT2D eigenvalue weighted by molar-refractivity contribution is 5.85. The Bertz CT molecular complexity index is 516. The molecule has 1 amide bonds. The predicted octanol–water partition coefficient (Wildman–Crippen LogP) is 2.26. The first kappa shape index (κ1) is 14.6. The Kier molecular flexibility index (Phi) is 3.87. The molecular weight excluding hydrogens is 276 g/mol. The molecule has 20 heavy (non-hydrogen) atoms. The number of benzene rings is 1. The van der Waals surface area contributed by atoms with Crippen molar-refractivity contribution in [2.24, 2.45) is 0 Å². The molecule has 0 radical (unpaired) electrons. The number of fused-ring (bicyclic) bond motifs is 1. The summed E-state index contributed by atoms with van der Waals surface area (Å²) in [5.74, 6) is -1.15. The highest BCUT2D eigenvalue weighted by atomic mass is 19.4. The molecule has 1 heterocycles. The maximum Gasteiger partial charge on any atom is 0.405 e. The van der Waals surface area contributed by atoms with Gasteiger partial charge in [0.1, 0.15) is 18.4 Å². The average molecular weight is 290 g/mol. The number of amides is 1. The van der Waals surface area contributed by atoms with Crippen LogP contribution >= 0.6 is 0 Å². The van der Waals surface area contributed by atoms with Crippen LogP contribution in [-0.4, -0.2) is 31.2 Å². The van der Waals surface area contributed by atoms with E-state index in [-0.39, 0.29) is 0 Å². The highest BCUT2D eigenvalue weighted by Gasteiger charge is 2.32. The fraction of sp³-hybridized carbons (Fsp3) is 0.462. The van der Waals surface area contributed by atoms with E-state index in [0.717, 1.165) is 5.56 Å². The number of nitrogens with one attached hydrogen (secondary N) is 1. The molecule has 0 saturated carbocycles. The summed E-state index contributed by atoms with van der Waals surface area (Å²) in [4.78, 5) is 13.3. The van der Waals surface area contributed by atoms with Crippen LogP contribution in [-0.2, 0) is 11.2 Å². The second-order valence-electron chi connectivity index (χ2n) is 4.73. The Balaban J connectivity index is 2.06. The zero-order chi connectivity index (χ0) is 14.9. The minimum atomic E-state index is -4.44. The number of hydrogen-bond acceptors (Lipinski definition) is 2. The van der Waals surface area contributed by atoms with Gasteiger partial charge in [-0.3, -0.25) is 4.79 Å². The molecule has 1 unspecified atom stereocenters. The van der Waals surface area contributed by atoms with Crippen molar-refractivity contribution in [2.45, 2.75) is 25.6 Å². The standard InChI is InChI=1S/C13H14F4N2O/c1-8(12(20)18-7-13(15,16)17)19-5-4-9-2-3-10(14)6-11(9)19/h2-3,6,8H,4-5,7H2,1H3,(H,18,20). The van der Waals surface area contributed by atoms with Crippen molar-refractivity contribution in [3.05, 3.63) is 29.6 Å². The van der Waals surface area contributed by atoms with Crippen molar-refractivity contribution in [3.63, 3.8) is 0 Å². The highest BCUT2D eigenvalue weighted by Crippen LogP contribution is 2.30. The normalized spacial score (nSPS) is 15.9. The summed E-state index contributed by atoms with van der Waals surface area (Å²) in [7, 11) is 0. The van der Waals surface area contributed by atoms with Crippen molar-refractivity contribution in [1.29, 1.82) is 0 Å². The Morgan fingerprint density at radius 2 is 2.15 bits per heavy atom. The van der Waals surface area contributed by atoms with E-state index >= 15 is 0 Å². The molecule has 0 spiro atoms. The van der Waals surface area contributed by atoms with Crippen LogP contribution in [0.1, 0.15) is 12.5 Å². The van der Waals surface area contributed by atoms with E-state index in [2.05, 4.69) is 0 Å². The molecule has 1 atom stereocenters. The number of rotatable bonds is 3. The fourth-order valence-corrected chi connectivity index (χ4v) is 2.26. The van der Waals surface area contributed by atoms with E-state index in [0.29, 0.717) is 18.7 Å². The molecule has 0 aromatic heterocycles. The van der Waals surface area contributed by atoms with Gasteiger partial charge in [-0.25, -0.2) is 4.39 Å². The SMILES string of the molecule is CC(C(=O)NCC(F)(F)F)N1CCc2ccc(F)cc21. The monoisotopic (exact) mass is 290 g/mol. The van der Waals surface area contributed by atoms with Gasteiger partial charge >= 0.3 is 6.18 Å². The Hall–Kier alpha value is -1.79. The molecule has 7 heteroatoms. The van der Waals surface area contributed by atoms with E-state index in [1.54, 1.807) is 11.0 Å². The lowest BCUT2D eigenvalue weighted by Crippen LogP contribution is -2.47. The van der Waals surface area contributed by atoms with Crippen LogP contribution in [0.3, 0.4) is 0 Å². The molecule has 3 nitrogen and oxygen atoms in total. The average Bonchev–Trinajstić information content (AvgIpc) is 2.77. The molecule has 0 saturated heterocycles. The van der Waals surface area contributed by atoms with Gasteiger partial charge < -0.3 is 10.2 Å². The van der Waals surface area contributed by atoms with Crippen LogP contribution in [0.25, 0.3) is 0 Å². The van der Waals surface area contributed by atoms with E-state index in [1.807, 2.05) is 5.32 Å². The molecule has 1 aliphatic rings. The third kappa shape index (κ3) is 3.20. The van der Waals surface area contributed by atoms with Gasteiger partial charge in [-0.1, -0.05) is 6.07 Å². The summed E-state index contributed by atoms with van der Waals surface area (Å²) in [6.07, 6.45) is -3.79. The number of hydrogen-bond donors (Lipinski definition) is 1. The van der Waals surface area contributed by atoms with Crippen molar-refractivity contribution < 1.29 is 22.4 Å². The van der Waals surface area contributed by atoms with Crippen LogP contribution in [0.15, 0.2) is 18.2 Å². The van der Waals surface area contributed by atoms with Crippen LogP contribution in [0.4, 0.5) is 23.2 Å². The van der Waals surface area contributed by atoms with Gasteiger partial charge in [0.25, 0.3) is 0 Å². The van der Waals surface area contributed by atoms with Crippen molar-refractivity contribution in [1.82, 2.24) is 5.32 Å². The van der Waals surface area contributed by atoms with E-state index in [4.69, 9.17) is 0 Å². The van der Waals surface area contributed by atoms with Crippen molar-refractivity contribution >= 4 is 11.6 Å². The largest absolute Gasteiger partial charge is 0.405 e. The third-order valence-electron chi connectivity index (χ3n) is 3.29. The van der Waals surface area contributed by atoms with E-state index < -0.39 is 30.5 Å². The van der Waals surface area contributed by atoms with Crippen LogP contribution < -0.4 is 10.2 Å². The van der Waals surface area contributed by atoms with Gasteiger partial charge in [-0.15, -0.1) is 0 Å². The van der Waals surface area contributed by atoms with Gasteiger partial charge in [0, 0.05) is 12.2 Å². The predicted molar refractivity (Wildman–Crippen MR) is 66.0 cm³/mol. The minimum absolute atomic E-state index is 0.432. The molecular formula is C13H14F4N2O. The fourth-order valence-electron chi connectivity index (χ4n) is 2.26. The summed E-state index contributed by atoms with van der Waals surface area (Å²) in [6, 6.07) is 3.48. The first-order chi connectivity index (χ1) is 9.28. The third-order valence-corrected chi connectivity index (χ3v) is 3.29. The van der Waals surface area contributed by atoms with E-state index in [1.165, 1.54) is 19.1 Å². The van der Waals surface area contributed by atoms with Gasteiger partial charge in [-0.05, 0) is 31.0 Å². The lowest BCUT2D eigenvalue weighted by atomic mass is 10.1. The van der Waals surface area contributed by atoms with Gasteiger partial charge in [0.05, 0.1) is 0 Å². The summed E-state index contributed by atoms with van der Waals surface area (Å²) < 4.78 is 49.4. The second kappa shape index (κ2) is 5.30. The van der Waals surface area contributed by atoms with Crippen LogP contribution in [0, 0.1) is 5.82 Å². The number of alkyl halides is 3. The molecule has 1 aromatic rings. The van der Waals surface area contributed by atoms with Crippen LogP contribution in [0.2, 0.25) is 0 Å². The number of nitrogens with zero attached hydrogens (tertiary/aromatic N) is 1. The summed E-state index contributed by atoms with van der Waals surface area (Å²) in [5, 5.41) is 1.85. The van der Waals surface area contributed by atoms with Crippen molar-refractivity contribution in [2.75, 3.05) is 18.0 Å². The Morgan fingerprint density at radius 1 is 1.45 bits per heavy atom. The maximum atomic E-state index is 13.2. The number of halogens is 4. The maximum absolute atomic E-state index is 13.2. The van der Waals surface area contributed by atoms with E-state index in [9.17, 15) is 22.4 Å². The summed E-state index contributed by atoms with van der Waals surface area (Å²) in [5.41, 5.74) is 1.46. The van der Waals surface area contributed by atoms with Crippen LogP contribution in [0.5, 0.6) is 0 Å². The number of carbonyl (C=O) groups excluding carboxylic acids is 1. The summed E-state index contributed by atoms with van der Waals surface area (Å²) >= 11 is 0. The molecule has 1 aromatic carbocycles. The minimum Gasteiger partial charge on any atom is -0.359 e. The summed E-state index contributed by atoms with van der Waals surface area (Å²) in [6.45, 7) is 0.630. The molecule has 0 fully saturated rings. The zero-order valence-electron chi connectivity index (χ0n) is 10.8. The van der Waals surface area contributed by atoms with Gasteiger partial charge in [0.15, 0.2) is 0 Å². The first-order valence-electron chi connectivity index (χ1n) is 6.17. The zero-order valence-corrected chi connectivity index (χ0v) is 10.8. The quantitative estimate of drug-likeness (QED) is 0.866. The molecule has 2 rings (SSSR count). The molecule has 0 bridgehead atoms. The van der Waals surface area contributed by atoms with Gasteiger partial charge in [-0.2, -0.15) is 13.2 Å². The lowest BCUT2D eigenvalue weighted by molar-refractivity contribution is -0.138. The topological polar surface area (TPSA) is 32.3 Å². The smallest absolute Gasteiger partial charge is 0.359 e.